The highest BCUT2D eigenvalue weighted by atomic mass is 14.7. The van der Waals surface area contributed by atoms with Crippen molar-refractivity contribution in [3.63, 3.8) is 0 Å². The topological polar surface area (TPSA) is 25.8 Å². The van der Waals surface area contributed by atoms with Gasteiger partial charge in [0.1, 0.15) is 0 Å². The van der Waals surface area contributed by atoms with Crippen LogP contribution in [0.3, 0.4) is 0 Å². The van der Waals surface area contributed by atoms with Crippen molar-refractivity contribution in [1.29, 1.82) is 0 Å². The smallest absolute Gasteiger partial charge is 0.0796 e. The van der Waals surface area contributed by atoms with Gasteiger partial charge in [-0.2, -0.15) is 0 Å². The van der Waals surface area contributed by atoms with E-state index in [1.165, 1.54) is 49.5 Å². The SMILES string of the molecule is Cc1ccc2c3c(cccc13)-c1ccccc1-2.Cc1cnc2c(ccc3ncccc32)c1. The van der Waals surface area contributed by atoms with Gasteiger partial charge >= 0.3 is 0 Å². The third-order valence-corrected chi connectivity index (χ3v) is 6.33. The number of benzene rings is 4. The molecule has 152 valence electrons. The summed E-state index contributed by atoms with van der Waals surface area (Å²) in [6.07, 6.45) is 3.71. The first-order valence-corrected chi connectivity index (χ1v) is 10.9. The summed E-state index contributed by atoms with van der Waals surface area (Å²) in [6, 6.07) is 30.1. The number of aromatic nitrogens is 2. The van der Waals surface area contributed by atoms with Crippen LogP contribution in [0.25, 0.3) is 54.8 Å². The van der Waals surface area contributed by atoms with Gasteiger partial charge in [0.25, 0.3) is 0 Å². The zero-order chi connectivity index (χ0) is 21.7. The molecule has 1 aliphatic carbocycles. The van der Waals surface area contributed by atoms with E-state index in [1.54, 1.807) is 0 Å². The van der Waals surface area contributed by atoms with Crippen molar-refractivity contribution in [3.05, 3.63) is 108 Å². The highest BCUT2D eigenvalue weighted by Gasteiger charge is 2.20. The largest absolute Gasteiger partial charge is 0.256 e. The molecule has 1 aliphatic rings. The first-order valence-electron chi connectivity index (χ1n) is 10.9. The number of aryl methyl sites for hydroxylation is 2. The Kier molecular flexibility index (Phi) is 4.26. The average Bonchev–Trinajstić information content (AvgIpc) is 3.16. The van der Waals surface area contributed by atoms with Gasteiger partial charge in [-0.15, -0.1) is 0 Å². The Morgan fingerprint density at radius 1 is 0.594 bits per heavy atom. The molecule has 6 aromatic rings. The van der Waals surface area contributed by atoms with Crippen molar-refractivity contribution in [1.82, 2.24) is 9.97 Å². The summed E-state index contributed by atoms with van der Waals surface area (Å²) in [5.74, 6) is 0. The fourth-order valence-electron chi connectivity index (χ4n) is 4.82. The van der Waals surface area contributed by atoms with Crippen LogP contribution in [0.5, 0.6) is 0 Å². The molecule has 0 N–H and O–H groups in total. The summed E-state index contributed by atoms with van der Waals surface area (Å²) in [7, 11) is 0. The average molecular weight is 411 g/mol. The van der Waals surface area contributed by atoms with Gasteiger partial charge in [-0.25, -0.2) is 0 Å². The van der Waals surface area contributed by atoms with Crippen LogP contribution >= 0.6 is 0 Å². The van der Waals surface area contributed by atoms with Gasteiger partial charge in [-0.05, 0) is 82.3 Å². The minimum Gasteiger partial charge on any atom is -0.256 e. The maximum absolute atomic E-state index is 4.47. The molecule has 2 heteroatoms. The first-order chi connectivity index (χ1) is 15.7. The monoisotopic (exact) mass is 410 g/mol. The molecule has 0 amide bonds. The number of hydrogen-bond donors (Lipinski definition) is 0. The lowest BCUT2D eigenvalue weighted by Crippen LogP contribution is -1.84. The van der Waals surface area contributed by atoms with E-state index in [2.05, 4.69) is 96.6 Å². The lowest BCUT2D eigenvalue weighted by molar-refractivity contribution is 1.33. The van der Waals surface area contributed by atoms with Crippen molar-refractivity contribution in [2.75, 3.05) is 0 Å². The third kappa shape index (κ3) is 2.88. The fraction of sp³-hybridized carbons (Fsp3) is 0.0667. The molecule has 0 bridgehead atoms. The van der Waals surface area contributed by atoms with Gasteiger partial charge in [0, 0.05) is 23.2 Å². The Hall–Kier alpha value is -4.04. The van der Waals surface area contributed by atoms with Crippen molar-refractivity contribution in [3.8, 4) is 22.3 Å². The van der Waals surface area contributed by atoms with Gasteiger partial charge in [0.15, 0.2) is 0 Å². The Balaban J connectivity index is 0.000000123. The second-order valence-corrected chi connectivity index (χ2v) is 8.42. The molecule has 32 heavy (non-hydrogen) atoms. The number of fused-ring (bicyclic) bond motifs is 6. The number of nitrogens with zero attached hydrogens (tertiary/aromatic N) is 2. The predicted molar refractivity (Wildman–Crippen MR) is 135 cm³/mol. The van der Waals surface area contributed by atoms with Crippen LogP contribution in [0.1, 0.15) is 11.1 Å². The van der Waals surface area contributed by atoms with E-state index in [0.717, 1.165) is 16.4 Å². The molecule has 2 aromatic heterocycles. The van der Waals surface area contributed by atoms with Crippen LogP contribution in [0.15, 0.2) is 97.3 Å². The fourth-order valence-corrected chi connectivity index (χ4v) is 4.82. The Labute approximate surface area is 187 Å². The summed E-state index contributed by atoms with van der Waals surface area (Å²) >= 11 is 0. The van der Waals surface area contributed by atoms with Crippen molar-refractivity contribution < 1.29 is 0 Å². The predicted octanol–water partition coefficient (Wildman–Crippen LogP) is 7.89. The molecule has 0 saturated heterocycles. The number of rotatable bonds is 0. The van der Waals surface area contributed by atoms with Crippen molar-refractivity contribution in [2.24, 2.45) is 0 Å². The van der Waals surface area contributed by atoms with Crippen molar-refractivity contribution in [2.45, 2.75) is 13.8 Å². The third-order valence-electron chi connectivity index (χ3n) is 6.33. The minimum atomic E-state index is 1.00. The minimum absolute atomic E-state index is 1.00. The van der Waals surface area contributed by atoms with Gasteiger partial charge in [-0.3, -0.25) is 9.97 Å². The van der Waals surface area contributed by atoms with Crippen LogP contribution in [-0.4, -0.2) is 9.97 Å². The van der Waals surface area contributed by atoms with Crippen LogP contribution in [-0.2, 0) is 0 Å². The van der Waals surface area contributed by atoms with Crippen LogP contribution in [0.4, 0.5) is 0 Å². The number of hydrogen-bond acceptors (Lipinski definition) is 2. The normalized spacial score (nSPS) is 11.4. The molecule has 0 spiro atoms. The van der Waals surface area contributed by atoms with Gasteiger partial charge < -0.3 is 0 Å². The van der Waals surface area contributed by atoms with E-state index in [4.69, 9.17) is 0 Å². The van der Waals surface area contributed by atoms with Gasteiger partial charge in [-0.1, -0.05) is 60.7 Å². The molecule has 2 heterocycles. The Morgan fingerprint density at radius 2 is 1.34 bits per heavy atom. The standard InChI is InChI=1S/C17H12.C13H10N2/c1-11-9-10-16-14-6-3-2-5-13(14)15-8-4-7-12(11)17(15)16;1-9-7-10-4-5-12-11(3-2-6-14-12)13(10)15-8-9/h2-10H,1H3;2-8H,1H3. The van der Waals surface area contributed by atoms with Gasteiger partial charge in [0.2, 0.25) is 0 Å². The Bertz CT molecular complexity index is 1620. The van der Waals surface area contributed by atoms with Crippen LogP contribution in [0, 0.1) is 13.8 Å². The molecule has 0 fully saturated rings. The summed E-state index contributed by atoms with van der Waals surface area (Å²) in [6.45, 7) is 4.24. The summed E-state index contributed by atoms with van der Waals surface area (Å²) in [5, 5.41) is 5.11. The maximum Gasteiger partial charge on any atom is 0.0796 e. The lowest BCUT2D eigenvalue weighted by atomic mass is 9.99. The number of pyridine rings is 2. The highest BCUT2D eigenvalue weighted by molar-refractivity contribution is 6.15. The molecule has 0 aliphatic heterocycles. The van der Waals surface area contributed by atoms with Crippen molar-refractivity contribution >= 4 is 32.6 Å². The molecule has 4 aromatic carbocycles. The molecule has 0 saturated carbocycles. The maximum atomic E-state index is 4.47. The van der Waals surface area contributed by atoms with E-state index < -0.39 is 0 Å². The molecule has 0 radical (unpaired) electrons. The highest BCUT2D eigenvalue weighted by Crippen LogP contribution is 2.47. The quantitative estimate of drug-likeness (QED) is 0.238. The molecule has 2 nitrogen and oxygen atoms in total. The molecular formula is C30H22N2. The van der Waals surface area contributed by atoms with E-state index in [9.17, 15) is 0 Å². The van der Waals surface area contributed by atoms with E-state index in [-0.39, 0.29) is 0 Å². The summed E-state index contributed by atoms with van der Waals surface area (Å²) < 4.78 is 0. The second-order valence-electron chi connectivity index (χ2n) is 8.42. The van der Waals surface area contributed by atoms with E-state index >= 15 is 0 Å². The molecule has 0 unspecified atom stereocenters. The van der Waals surface area contributed by atoms with Crippen LogP contribution in [0.2, 0.25) is 0 Å². The molecule has 7 rings (SSSR count). The van der Waals surface area contributed by atoms with Crippen LogP contribution < -0.4 is 0 Å². The lowest BCUT2D eigenvalue weighted by Gasteiger charge is -2.04. The molecular weight excluding hydrogens is 388 g/mol. The summed E-state index contributed by atoms with van der Waals surface area (Å²) in [4.78, 5) is 8.78. The first kappa shape index (κ1) is 18.7. The van der Waals surface area contributed by atoms with Gasteiger partial charge in [0.05, 0.1) is 11.0 Å². The second kappa shape index (κ2) is 7.28. The van der Waals surface area contributed by atoms with E-state index in [0.29, 0.717) is 0 Å². The summed E-state index contributed by atoms with van der Waals surface area (Å²) in [5.41, 5.74) is 10.1. The molecule has 0 atom stereocenters. The zero-order valence-corrected chi connectivity index (χ0v) is 18.1. The Morgan fingerprint density at radius 3 is 2.19 bits per heavy atom. The zero-order valence-electron chi connectivity index (χ0n) is 18.1. The van der Waals surface area contributed by atoms with E-state index in [1.807, 2.05) is 24.5 Å².